The monoisotopic (exact) mass is 370 g/mol. The number of likely N-dealkylation sites (tertiary alicyclic amines) is 1. The smallest absolute Gasteiger partial charge is 0.410 e. The third-order valence-corrected chi connectivity index (χ3v) is 3.94. The zero-order chi connectivity index (χ0) is 16.5. The Morgan fingerprint density at radius 1 is 1.36 bits per heavy atom. The van der Waals surface area contributed by atoms with Crippen molar-refractivity contribution in [1.82, 2.24) is 9.88 Å². The minimum Gasteiger partial charge on any atom is -0.481 e. The van der Waals surface area contributed by atoms with Gasteiger partial charge in [0.25, 0.3) is 0 Å². The number of amides is 1. The van der Waals surface area contributed by atoms with Crippen molar-refractivity contribution >= 4 is 28.0 Å². The molecule has 2 unspecified atom stereocenters. The fraction of sp³-hybridized carbons (Fsp3) is 0.533. The van der Waals surface area contributed by atoms with Crippen LogP contribution in [0.25, 0.3) is 0 Å². The molecule has 0 radical (unpaired) electrons. The van der Waals surface area contributed by atoms with E-state index in [0.29, 0.717) is 11.1 Å². The van der Waals surface area contributed by atoms with E-state index in [1.54, 1.807) is 33.0 Å². The first-order valence-electron chi connectivity index (χ1n) is 6.99. The van der Waals surface area contributed by atoms with Crippen LogP contribution < -0.4 is 0 Å². The molecular formula is C15H19BrN2O4. The summed E-state index contributed by atoms with van der Waals surface area (Å²) in [6.07, 6.45) is 1.16. The second kappa shape index (κ2) is 6.24. The van der Waals surface area contributed by atoms with Gasteiger partial charge in [-0.05, 0) is 48.3 Å². The quantitative estimate of drug-likeness (QED) is 0.809. The molecule has 2 heterocycles. The summed E-state index contributed by atoms with van der Waals surface area (Å²) >= 11 is 3.25. The van der Waals surface area contributed by atoms with Crippen molar-refractivity contribution in [3.8, 4) is 0 Å². The topological polar surface area (TPSA) is 79.7 Å². The molecule has 7 heteroatoms. The number of nitrogens with zero attached hydrogens (tertiary/aromatic N) is 2. The lowest BCUT2D eigenvalue weighted by Crippen LogP contribution is -2.35. The fourth-order valence-corrected chi connectivity index (χ4v) is 2.71. The average Bonchev–Trinajstić information content (AvgIpc) is 2.83. The number of aromatic nitrogens is 1. The van der Waals surface area contributed by atoms with E-state index in [9.17, 15) is 14.7 Å². The summed E-state index contributed by atoms with van der Waals surface area (Å²) in [5.74, 6) is -1.86. The number of carbonyl (C=O) groups is 2. The molecule has 22 heavy (non-hydrogen) atoms. The van der Waals surface area contributed by atoms with E-state index in [-0.39, 0.29) is 12.5 Å². The SMILES string of the molecule is CC(C)(C)OC(=O)N1CC(C(=O)O)C(c2ccc(Br)nc2)C1. The van der Waals surface area contributed by atoms with E-state index in [1.807, 2.05) is 6.07 Å². The molecule has 120 valence electrons. The van der Waals surface area contributed by atoms with Crippen LogP contribution in [0.1, 0.15) is 32.3 Å². The van der Waals surface area contributed by atoms with Gasteiger partial charge in [-0.25, -0.2) is 9.78 Å². The van der Waals surface area contributed by atoms with Crippen molar-refractivity contribution in [2.75, 3.05) is 13.1 Å². The molecule has 1 aliphatic heterocycles. The Labute approximate surface area is 137 Å². The Morgan fingerprint density at radius 3 is 2.55 bits per heavy atom. The van der Waals surface area contributed by atoms with E-state index >= 15 is 0 Å². The summed E-state index contributed by atoms with van der Waals surface area (Å²) in [5, 5.41) is 9.42. The molecule has 0 aliphatic carbocycles. The van der Waals surface area contributed by atoms with Crippen LogP contribution in [-0.4, -0.2) is 45.7 Å². The molecule has 0 spiro atoms. The third kappa shape index (κ3) is 3.97. The average molecular weight is 371 g/mol. The van der Waals surface area contributed by atoms with Crippen LogP contribution in [0.3, 0.4) is 0 Å². The highest BCUT2D eigenvalue weighted by Crippen LogP contribution is 2.33. The molecule has 1 aliphatic rings. The minimum atomic E-state index is -0.918. The zero-order valence-corrected chi connectivity index (χ0v) is 14.3. The van der Waals surface area contributed by atoms with Gasteiger partial charge in [-0.3, -0.25) is 4.79 Å². The molecule has 0 saturated carbocycles. The van der Waals surface area contributed by atoms with Gasteiger partial charge < -0.3 is 14.7 Å². The van der Waals surface area contributed by atoms with Crippen molar-refractivity contribution in [3.63, 3.8) is 0 Å². The van der Waals surface area contributed by atoms with Gasteiger partial charge >= 0.3 is 12.1 Å². The van der Waals surface area contributed by atoms with Gasteiger partial charge in [0, 0.05) is 25.2 Å². The molecule has 1 aromatic rings. The minimum absolute atomic E-state index is 0.144. The number of halogens is 1. The summed E-state index contributed by atoms with van der Waals surface area (Å²) < 4.78 is 6.01. The van der Waals surface area contributed by atoms with Crippen LogP contribution in [0, 0.1) is 5.92 Å². The summed E-state index contributed by atoms with van der Waals surface area (Å²) in [5.41, 5.74) is 0.203. The van der Waals surface area contributed by atoms with Crippen molar-refractivity contribution in [3.05, 3.63) is 28.5 Å². The van der Waals surface area contributed by atoms with Gasteiger partial charge in [-0.2, -0.15) is 0 Å². The molecule has 1 fully saturated rings. The molecule has 0 aromatic carbocycles. The maximum Gasteiger partial charge on any atom is 0.410 e. The van der Waals surface area contributed by atoms with Crippen molar-refractivity contribution in [1.29, 1.82) is 0 Å². The lowest BCUT2D eigenvalue weighted by atomic mass is 9.90. The molecule has 1 aromatic heterocycles. The fourth-order valence-electron chi connectivity index (χ4n) is 2.47. The molecule has 1 amide bonds. The number of carboxylic acid groups (broad SMARTS) is 1. The first-order valence-corrected chi connectivity index (χ1v) is 7.79. The van der Waals surface area contributed by atoms with E-state index in [2.05, 4.69) is 20.9 Å². The number of aliphatic carboxylic acids is 1. The predicted molar refractivity (Wildman–Crippen MR) is 83.6 cm³/mol. The standard InChI is InChI=1S/C15H19BrN2O4/c1-15(2,3)22-14(21)18-7-10(11(8-18)13(19)20)9-4-5-12(16)17-6-9/h4-6,10-11H,7-8H2,1-3H3,(H,19,20). The van der Waals surface area contributed by atoms with Crippen LogP contribution in [0.15, 0.2) is 22.9 Å². The molecule has 6 nitrogen and oxygen atoms in total. The predicted octanol–water partition coefficient (Wildman–Crippen LogP) is 2.88. The maximum absolute atomic E-state index is 12.1. The van der Waals surface area contributed by atoms with E-state index < -0.39 is 23.6 Å². The first kappa shape index (κ1) is 16.7. The zero-order valence-electron chi connectivity index (χ0n) is 12.7. The molecule has 2 atom stereocenters. The van der Waals surface area contributed by atoms with Crippen LogP contribution in [0.4, 0.5) is 4.79 Å². The molecular weight excluding hydrogens is 352 g/mol. The lowest BCUT2D eigenvalue weighted by Gasteiger charge is -2.24. The van der Waals surface area contributed by atoms with Gasteiger partial charge in [-0.1, -0.05) is 6.07 Å². The summed E-state index contributed by atoms with van der Waals surface area (Å²) in [7, 11) is 0. The first-order chi connectivity index (χ1) is 10.2. The van der Waals surface area contributed by atoms with Crippen LogP contribution in [0.2, 0.25) is 0 Å². The van der Waals surface area contributed by atoms with Gasteiger partial charge in [0.2, 0.25) is 0 Å². The van der Waals surface area contributed by atoms with Crippen LogP contribution >= 0.6 is 15.9 Å². The second-order valence-electron chi connectivity index (χ2n) is 6.35. The molecule has 0 bridgehead atoms. The molecule has 2 rings (SSSR count). The highest BCUT2D eigenvalue weighted by molar-refractivity contribution is 9.10. The van der Waals surface area contributed by atoms with Gasteiger partial charge in [0.1, 0.15) is 10.2 Å². The maximum atomic E-state index is 12.1. The number of hydrogen-bond donors (Lipinski definition) is 1. The van der Waals surface area contributed by atoms with Gasteiger partial charge in [0.15, 0.2) is 0 Å². The number of ether oxygens (including phenoxy) is 1. The Kier molecular flexibility index (Phi) is 4.75. The van der Waals surface area contributed by atoms with Crippen molar-refractivity contribution < 1.29 is 19.4 Å². The number of hydrogen-bond acceptors (Lipinski definition) is 4. The molecule has 1 saturated heterocycles. The largest absolute Gasteiger partial charge is 0.481 e. The number of rotatable bonds is 2. The number of pyridine rings is 1. The van der Waals surface area contributed by atoms with E-state index in [4.69, 9.17) is 4.74 Å². The third-order valence-electron chi connectivity index (χ3n) is 3.47. The molecule has 1 N–H and O–H groups in total. The Balaban J connectivity index is 2.18. The second-order valence-corrected chi connectivity index (χ2v) is 7.16. The van der Waals surface area contributed by atoms with Crippen LogP contribution in [-0.2, 0) is 9.53 Å². The Morgan fingerprint density at radius 2 is 2.05 bits per heavy atom. The highest BCUT2D eigenvalue weighted by Gasteiger charge is 2.41. The Bertz CT molecular complexity index is 568. The lowest BCUT2D eigenvalue weighted by molar-refractivity contribution is -0.141. The number of carboxylic acids is 1. The number of carbonyl (C=O) groups excluding carboxylic acids is 1. The van der Waals surface area contributed by atoms with Crippen LogP contribution in [0.5, 0.6) is 0 Å². The van der Waals surface area contributed by atoms with Crippen molar-refractivity contribution in [2.24, 2.45) is 5.92 Å². The van der Waals surface area contributed by atoms with Gasteiger partial charge in [0.05, 0.1) is 5.92 Å². The normalized spacial score (nSPS) is 21.7. The summed E-state index contributed by atoms with van der Waals surface area (Å²) in [6.45, 7) is 5.81. The Hall–Kier alpha value is -1.63. The van der Waals surface area contributed by atoms with Gasteiger partial charge in [-0.15, -0.1) is 0 Å². The van der Waals surface area contributed by atoms with Crippen molar-refractivity contribution in [2.45, 2.75) is 32.3 Å². The summed E-state index contributed by atoms with van der Waals surface area (Å²) in [6, 6.07) is 3.60. The van der Waals surface area contributed by atoms with E-state index in [0.717, 1.165) is 5.56 Å². The highest BCUT2D eigenvalue weighted by atomic mass is 79.9. The van der Waals surface area contributed by atoms with E-state index in [1.165, 1.54) is 4.90 Å². The summed E-state index contributed by atoms with van der Waals surface area (Å²) in [4.78, 5) is 29.2.